The van der Waals surface area contributed by atoms with Crippen LogP contribution in [-0.4, -0.2) is 6.71 Å². The quantitative estimate of drug-likeness (QED) is 0.163. The Bertz CT molecular complexity index is 3630. The van der Waals surface area contributed by atoms with Gasteiger partial charge in [-0.15, -0.1) is 0 Å². The average molecular weight is 869 g/mol. The monoisotopic (exact) mass is 868 g/mol. The third kappa shape index (κ3) is 6.33. The topological polar surface area (TPSA) is 6.48 Å². The molecule has 0 spiro atoms. The Balaban J connectivity index is 1.15. The summed E-state index contributed by atoms with van der Waals surface area (Å²) in [5.74, 6) is 0. The summed E-state index contributed by atoms with van der Waals surface area (Å²) in [6.45, 7) is 9.03. The van der Waals surface area contributed by atoms with E-state index < -0.39 is 0 Å². The number of fused-ring (bicyclic) bond motifs is 12. The highest BCUT2D eigenvalue weighted by Gasteiger charge is 2.44. The van der Waals surface area contributed by atoms with E-state index in [0.29, 0.717) is 0 Å². The third-order valence-electron chi connectivity index (χ3n) is 15.0. The van der Waals surface area contributed by atoms with Gasteiger partial charge in [-0.1, -0.05) is 164 Å². The minimum absolute atomic E-state index is 0.0405. The van der Waals surface area contributed by atoms with E-state index in [-0.39, 0.29) is 6.71 Å². The van der Waals surface area contributed by atoms with Crippen LogP contribution in [0.2, 0.25) is 0 Å². The lowest BCUT2D eigenvalue weighted by Gasteiger charge is -2.45. The lowest BCUT2D eigenvalue weighted by molar-refractivity contribution is 1.17. The minimum Gasteiger partial charge on any atom is -0.311 e. The van der Waals surface area contributed by atoms with Crippen molar-refractivity contribution < 1.29 is 0 Å². The van der Waals surface area contributed by atoms with E-state index in [9.17, 15) is 0 Å². The first kappa shape index (κ1) is 40.2. The summed E-state index contributed by atoms with van der Waals surface area (Å²) < 4.78 is 0. The van der Waals surface area contributed by atoms with Gasteiger partial charge in [-0.2, -0.15) is 0 Å². The van der Waals surface area contributed by atoms with Crippen molar-refractivity contribution in [3.8, 4) is 55.6 Å². The largest absolute Gasteiger partial charge is 0.311 e. The Labute approximate surface area is 400 Å². The molecule has 0 saturated carbocycles. The molecule has 322 valence electrons. The molecule has 0 fully saturated rings. The molecule has 3 heterocycles. The van der Waals surface area contributed by atoms with Crippen LogP contribution in [-0.2, 0) is 6.42 Å². The molecular formula is C65H49BN2. The van der Waals surface area contributed by atoms with Gasteiger partial charge in [-0.05, 0) is 188 Å². The number of nitrogens with zero attached hydrogens (tertiary/aromatic N) is 2. The molecule has 4 bridgehead atoms. The summed E-state index contributed by atoms with van der Waals surface area (Å²) in [5, 5.41) is 0. The van der Waals surface area contributed by atoms with Crippen molar-refractivity contribution in [2.24, 2.45) is 0 Å². The highest BCUT2D eigenvalue weighted by Crippen LogP contribution is 2.49. The second-order valence-corrected chi connectivity index (χ2v) is 19.1. The number of benzene rings is 10. The molecule has 68 heavy (non-hydrogen) atoms. The number of aryl methyl sites for hydroxylation is 4. The van der Waals surface area contributed by atoms with E-state index in [1.807, 2.05) is 0 Å². The van der Waals surface area contributed by atoms with Gasteiger partial charge in [0.25, 0.3) is 6.71 Å². The SMILES string of the molecule is Cc1cccc(C)c1-c1cc2c3c(c1)N1c4cccc(c4)-c4c(C)cccc4Cc4cccc(C)c4-c4ccc(c1c4)B3c1cc(-c3ccccc3)ccc1N2c1ccc(-c2ccccc2)cc1. The van der Waals surface area contributed by atoms with E-state index >= 15 is 0 Å². The Kier molecular flexibility index (Phi) is 9.30. The van der Waals surface area contributed by atoms with Gasteiger partial charge < -0.3 is 9.80 Å². The zero-order valence-electron chi connectivity index (χ0n) is 38.9. The molecule has 0 unspecified atom stereocenters. The Hall–Kier alpha value is -8.14. The van der Waals surface area contributed by atoms with Crippen molar-refractivity contribution in [2.75, 3.05) is 9.80 Å². The number of anilines is 6. The Morgan fingerprint density at radius 1 is 0.309 bits per heavy atom. The summed E-state index contributed by atoms with van der Waals surface area (Å²) in [6, 6.07) is 80.1. The normalized spacial score (nSPS) is 12.9. The smallest absolute Gasteiger partial charge is 0.252 e. The van der Waals surface area contributed by atoms with Gasteiger partial charge in [-0.25, -0.2) is 0 Å². The van der Waals surface area contributed by atoms with Gasteiger partial charge in [0.2, 0.25) is 0 Å². The highest BCUT2D eigenvalue weighted by molar-refractivity contribution is 7.00. The Morgan fingerprint density at radius 3 is 1.44 bits per heavy atom. The molecule has 0 aromatic heterocycles. The van der Waals surface area contributed by atoms with Gasteiger partial charge in [-0.3, -0.25) is 0 Å². The van der Waals surface area contributed by atoms with Gasteiger partial charge >= 0.3 is 0 Å². The first-order valence-corrected chi connectivity index (χ1v) is 24.0. The zero-order valence-corrected chi connectivity index (χ0v) is 38.9. The summed E-state index contributed by atoms with van der Waals surface area (Å²) in [4.78, 5) is 5.16. The molecule has 10 aromatic rings. The molecule has 2 nitrogen and oxygen atoms in total. The second-order valence-electron chi connectivity index (χ2n) is 19.1. The van der Waals surface area contributed by atoms with Crippen LogP contribution in [0.4, 0.5) is 34.1 Å². The minimum atomic E-state index is -0.0405. The Morgan fingerprint density at radius 2 is 0.794 bits per heavy atom. The zero-order chi connectivity index (χ0) is 45.6. The molecule has 0 atom stereocenters. The lowest BCUT2D eigenvalue weighted by atomic mass is 9.33. The predicted molar refractivity (Wildman–Crippen MR) is 289 cm³/mol. The first-order chi connectivity index (χ1) is 33.4. The summed E-state index contributed by atoms with van der Waals surface area (Å²) in [5.41, 5.74) is 31.3. The standard InChI is InChI=1S/C65H49BN2/c1-41-15-11-16-42(2)62(41)53-39-60-65-61(40-53)68-55-26-14-25-51(36-55)63-43(3)17-12-23-49(63)35-50-24-13-18-44(4)64(50)52-29-33-56(59(68)38-52)66(65)57-37-48(46-21-9-6-10-22-46)30-34-58(57)67(60)54-31-27-47(28-32-54)45-19-7-5-8-20-45/h5-34,36-40H,35H2,1-4H3. The van der Waals surface area contributed by atoms with Gasteiger partial charge in [0, 0.05) is 34.1 Å². The van der Waals surface area contributed by atoms with E-state index in [4.69, 9.17) is 0 Å². The lowest BCUT2D eigenvalue weighted by Crippen LogP contribution is -2.61. The van der Waals surface area contributed by atoms with Crippen LogP contribution in [0.5, 0.6) is 0 Å². The van der Waals surface area contributed by atoms with Crippen molar-refractivity contribution in [1.29, 1.82) is 0 Å². The maximum atomic E-state index is 2.61. The van der Waals surface area contributed by atoms with Crippen molar-refractivity contribution >= 4 is 57.2 Å². The van der Waals surface area contributed by atoms with Gasteiger partial charge in [0.1, 0.15) is 0 Å². The van der Waals surface area contributed by atoms with Crippen LogP contribution in [0.25, 0.3) is 55.6 Å². The second kappa shape index (κ2) is 15.8. The molecule has 3 heteroatoms. The molecule has 3 aliphatic rings. The molecule has 0 N–H and O–H groups in total. The van der Waals surface area contributed by atoms with Crippen molar-refractivity contribution in [1.82, 2.24) is 0 Å². The van der Waals surface area contributed by atoms with E-state index in [2.05, 4.69) is 250 Å². The van der Waals surface area contributed by atoms with Crippen LogP contribution in [0.3, 0.4) is 0 Å². The number of hydrogen-bond acceptors (Lipinski definition) is 2. The van der Waals surface area contributed by atoms with Crippen LogP contribution in [0.1, 0.15) is 33.4 Å². The number of rotatable bonds is 4. The molecule has 13 rings (SSSR count). The van der Waals surface area contributed by atoms with Crippen LogP contribution in [0, 0.1) is 27.7 Å². The first-order valence-electron chi connectivity index (χ1n) is 24.0. The van der Waals surface area contributed by atoms with Crippen LogP contribution < -0.4 is 26.2 Å². The molecule has 10 aromatic carbocycles. The average Bonchev–Trinajstić information content (AvgIpc) is 3.36. The fraction of sp³-hybridized carbons (Fsp3) is 0.0769. The fourth-order valence-electron chi connectivity index (χ4n) is 12.0. The molecule has 0 saturated heterocycles. The molecular weight excluding hydrogens is 820 g/mol. The van der Waals surface area contributed by atoms with Crippen molar-refractivity contribution in [3.05, 3.63) is 246 Å². The third-order valence-corrected chi connectivity index (χ3v) is 15.0. The van der Waals surface area contributed by atoms with Gasteiger partial charge in [0.05, 0.1) is 0 Å². The molecule has 0 amide bonds. The van der Waals surface area contributed by atoms with E-state index in [0.717, 1.165) is 17.8 Å². The highest BCUT2D eigenvalue weighted by atomic mass is 15.2. The van der Waals surface area contributed by atoms with Crippen LogP contribution in [0.15, 0.2) is 212 Å². The summed E-state index contributed by atoms with van der Waals surface area (Å²) >= 11 is 0. The van der Waals surface area contributed by atoms with Gasteiger partial charge in [0.15, 0.2) is 0 Å². The maximum Gasteiger partial charge on any atom is 0.252 e. The fourth-order valence-corrected chi connectivity index (χ4v) is 12.0. The predicted octanol–water partition coefficient (Wildman–Crippen LogP) is 15.2. The molecule has 0 radical (unpaired) electrons. The van der Waals surface area contributed by atoms with Crippen molar-refractivity contribution in [3.63, 3.8) is 0 Å². The molecule has 0 aliphatic carbocycles. The maximum absolute atomic E-state index is 2.61. The van der Waals surface area contributed by atoms with E-state index in [1.54, 1.807) is 0 Å². The summed E-state index contributed by atoms with van der Waals surface area (Å²) in [6.07, 6.45) is 0.852. The number of hydrogen-bond donors (Lipinski definition) is 0. The van der Waals surface area contributed by atoms with Crippen LogP contribution >= 0.6 is 0 Å². The van der Waals surface area contributed by atoms with E-state index in [1.165, 1.54) is 128 Å². The van der Waals surface area contributed by atoms with Crippen molar-refractivity contribution in [2.45, 2.75) is 34.1 Å². The molecule has 3 aliphatic heterocycles. The summed E-state index contributed by atoms with van der Waals surface area (Å²) in [7, 11) is 0.